The lowest BCUT2D eigenvalue weighted by molar-refractivity contribution is 0.103. The lowest BCUT2D eigenvalue weighted by Crippen LogP contribution is -2.21. The van der Waals surface area contributed by atoms with Crippen LogP contribution in [0.4, 0.5) is 0 Å². The zero-order valence-corrected chi connectivity index (χ0v) is 13.4. The maximum Gasteiger partial charge on any atom is 0.276 e. The first-order valence-electron chi connectivity index (χ1n) is 6.75. The number of rotatable bonds is 4. The minimum absolute atomic E-state index is 0.0667. The third-order valence-electron chi connectivity index (χ3n) is 2.47. The highest BCUT2D eigenvalue weighted by Gasteiger charge is 2.27. The summed E-state index contributed by atoms with van der Waals surface area (Å²) < 4.78 is 4.90. The summed E-state index contributed by atoms with van der Waals surface area (Å²) in [6.07, 6.45) is 6.98. The van der Waals surface area contributed by atoms with Crippen LogP contribution >= 0.6 is 0 Å². The van der Waals surface area contributed by atoms with Crippen LogP contribution in [-0.4, -0.2) is 11.7 Å². The molecule has 0 aromatic heterocycles. The van der Waals surface area contributed by atoms with Crippen LogP contribution in [0.5, 0.6) is 0 Å². The quantitative estimate of drug-likeness (QED) is 0.432. The molecule has 0 aromatic carbocycles. The first-order valence-corrected chi connectivity index (χ1v) is 6.75. The fraction of sp³-hybridized carbons (Fsp3) is 0.588. The van der Waals surface area contributed by atoms with Crippen LogP contribution in [0.3, 0.4) is 0 Å². The maximum atomic E-state index is 9.26. The van der Waals surface area contributed by atoms with E-state index in [0.717, 1.165) is 0 Å². The lowest BCUT2D eigenvalue weighted by atomic mass is 9.72. The molecule has 0 atom stereocenters. The van der Waals surface area contributed by atoms with Crippen molar-refractivity contribution < 1.29 is 9.84 Å². The summed E-state index contributed by atoms with van der Waals surface area (Å²) in [5, 5.41) is 9.26. The summed E-state index contributed by atoms with van der Waals surface area (Å²) in [4.78, 5) is 0. The molecule has 108 valence electrons. The van der Waals surface area contributed by atoms with Gasteiger partial charge >= 0.3 is 0 Å². The first-order chi connectivity index (χ1) is 8.59. The normalized spacial score (nSPS) is 13.3. The summed E-state index contributed by atoms with van der Waals surface area (Å²) in [5.41, 5.74) is 4.80. The Morgan fingerprint density at radius 3 is 2.00 bits per heavy atom. The molecule has 2 nitrogen and oxygen atoms in total. The van der Waals surface area contributed by atoms with Gasteiger partial charge in [0, 0.05) is 6.08 Å². The largest absolute Gasteiger partial charge is 0.481 e. The Kier molecular flexibility index (Phi) is 6.72. The molecule has 0 radical (unpaired) electrons. The van der Waals surface area contributed by atoms with E-state index in [1.807, 2.05) is 19.1 Å². The molecule has 0 heterocycles. The number of aliphatic hydroxyl groups is 1. The molecule has 19 heavy (non-hydrogen) atoms. The van der Waals surface area contributed by atoms with E-state index in [2.05, 4.69) is 47.3 Å². The molecule has 0 aliphatic heterocycles. The van der Waals surface area contributed by atoms with Gasteiger partial charge < -0.3 is 9.84 Å². The predicted octanol–water partition coefficient (Wildman–Crippen LogP) is 5.15. The fourth-order valence-corrected chi connectivity index (χ4v) is 2.08. The highest BCUT2D eigenvalue weighted by Crippen LogP contribution is 2.38. The molecule has 0 aliphatic rings. The SMILES string of the molecule is CCO/C(O)=C/C=C/C=C=C(C(C)(C)C)C(C)(C)C. The minimum atomic E-state index is -0.0667. The highest BCUT2D eigenvalue weighted by molar-refractivity contribution is 5.21. The van der Waals surface area contributed by atoms with Gasteiger partial charge in [-0.25, -0.2) is 0 Å². The van der Waals surface area contributed by atoms with Crippen LogP contribution < -0.4 is 0 Å². The van der Waals surface area contributed by atoms with Gasteiger partial charge in [0.25, 0.3) is 5.95 Å². The molecule has 0 unspecified atom stereocenters. The molecule has 0 spiro atoms. The van der Waals surface area contributed by atoms with Gasteiger partial charge in [0.2, 0.25) is 0 Å². The lowest BCUT2D eigenvalue weighted by Gasteiger charge is -2.32. The predicted molar refractivity (Wildman–Crippen MR) is 82.0 cm³/mol. The Labute approximate surface area is 118 Å². The van der Waals surface area contributed by atoms with Crippen LogP contribution in [0.1, 0.15) is 48.5 Å². The van der Waals surface area contributed by atoms with E-state index in [1.54, 1.807) is 6.08 Å². The van der Waals surface area contributed by atoms with Gasteiger partial charge in [0.05, 0.1) is 6.61 Å². The minimum Gasteiger partial charge on any atom is -0.481 e. The number of hydrogen-bond donors (Lipinski definition) is 1. The second-order valence-corrected chi connectivity index (χ2v) is 6.51. The Morgan fingerprint density at radius 1 is 1.05 bits per heavy atom. The van der Waals surface area contributed by atoms with Crippen molar-refractivity contribution in [3.05, 3.63) is 41.6 Å². The van der Waals surface area contributed by atoms with Gasteiger partial charge in [0.15, 0.2) is 0 Å². The Morgan fingerprint density at radius 2 is 1.58 bits per heavy atom. The van der Waals surface area contributed by atoms with Gasteiger partial charge in [0.1, 0.15) is 0 Å². The summed E-state index contributed by atoms with van der Waals surface area (Å²) in [6.45, 7) is 15.5. The smallest absolute Gasteiger partial charge is 0.276 e. The van der Waals surface area contributed by atoms with E-state index in [0.29, 0.717) is 6.61 Å². The molecule has 0 amide bonds. The van der Waals surface area contributed by atoms with Crippen LogP contribution in [0.2, 0.25) is 0 Å². The molecule has 0 aromatic rings. The Hall–Kier alpha value is -1.40. The van der Waals surface area contributed by atoms with Crippen molar-refractivity contribution in [2.45, 2.75) is 48.5 Å². The summed E-state index contributed by atoms with van der Waals surface area (Å²) in [7, 11) is 0. The Balaban J connectivity index is 5.03. The molecule has 0 aliphatic carbocycles. The van der Waals surface area contributed by atoms with Gasteiger partial charge in [-0.1, -0.05) is 53.7 Å². The van der Waals surface area contributed by atoms with Gasteiger partial charge in [-0.2, -0.15) is 0 Å². The van der Waals surface area contributed by atoms with Crippen LogP contribution in [0.25, 0.3) is 0 Å². The maximum absolute atomic E-state index is 9.26. The standard InChI is InChI=1S/C17H28O2/c1-8-19-15(18)13-11-9-10-12-14(16(2,3)4)17(5,6)7/h9-11,13,18H,8H2,1-7H3/b11-9+,15-13+. The molecular formula is C17H28O2. The summed E-state index contributed by atoms with van der Waals surface area (Å²) in [6, 6.07) is 0. The molecule has 0 saturated heterocycles. The fourth-order valence-electron chi connectivity index (χ4n) is 2.08. The topological polar surface area (TPSA) is 29.5 Å². The average molecular weight is 264 g/mol. The van der Waals surface area contributed by atoms with Crippen molar-refractivity contribution in [1.29, 1.82) is 0 Å². The molecule has 0 saturated carbocycles. The average Bonchev–Trinajstić information content (AvgIpc) is 2.19. The molecule has 0 bridgehead atoms. The number of aliphatic hydroxyl groups excluding tert-OH is 1. The zero-order valence-electron chi connectivity index (χ0n) is 13.4. The number of hydrogen-bond acceptors (Lipinski definition) is 2. The monoisotopic (exact) mass is 264 g/mol. The van der Waals surface area contributed by atoms with E-state index in [-0.39, 0.29) is 16.8 Å². The van der Waals surface area contributed by atoms with E-state index >= 15 is 0 Å². The first kappa shape index (κ1) is 17.6. The summed E-state index contributed by atoms with van der Waals surface area (Å²) >= 11 is 0. The van der Waals surface area contributed by atoms with E-state index in [1.165, 1.54) is 11.6 Å². The number of ether oxygens (including phenoxy) is 1. The second-order valence-electron chi connectivity index (χ2n) is 6.51. The molecule has 2 heteroatoms. The zero-order chi connectivity index (χ0) is 15.1. The van der Waals surface area contributed by atoms with Crippen LogP contribution in [-0.2, 0) is 4.74 Å². The molecule has 0 rings (SSSR count). The van der Waals surface area contributed by atoms with Crippen molar-refractivity contribution in [3.8, 4) is 0 Å². The number of allylic oxidation sites excluding steroid dienone is 4. The van der Waals surface area contributed by atoms with Gasteiger partial charge in [-0.3, -0.25) is 0 Å². The van der Waals surface area contributed by atoms with E-state index < -0.39 is 0 Å². The van der Waals surface area contributed by atoms with Crippen molar-refractivity contribution in [2.75, 3.05) is 6.61 Å². The van der Waals surface area contributed by atoms with Gasteiger partial charge in [-0.15, -0.1) is 5.73 Å². The van der Waals surface area contributed by atoms with Crippen molar-refractivity contribution in [2.24, 2.45) is 10.8 Å². The second kappa shape index (κ2) is 7.25. The van der Waals surface area contributed by atoms with Crippen LogP contribution in [0, 0.1) is 10.8 Å². The van der Waals surface area contributed by atoms with Crippen molar-refractivity contribution in [1.82, 2.24) is 0 Å². The van der Waals surface area contributed by atoms with Crippen molar-refractivity contribution >= 4 is 0 Å². The molecular weight excluding hydrogens is 236 g/mol. The molecule has 0 fully saturated rings. The third kappa shape index (κ3) is 7.58. The summed E-state index contributed by atoms with van der Waals surface area (Å²) in [5.74, 6) is -0.0667. The van der Waals surface area contributed by atoms with Gasteiger partial charge in [-0.05, 0) is 29.4 Å². The molecule has 1 N–H and O–H groups in total. The van der Waals surface area contributed by atoms with Crippen molar-refractivity contribution in [3.63, 3.8) is 0 Å². The highest BCUT2D eigenvalue weighted by atomic mass is 16.6. The van der Waals surface area contributed by atoms with E-state index in [4.69, 9.17) is 4.74 Å². The Bertz CT molecular complexity index is 376. The third-order valence-corrected chi connectivity index (χ3v) is 2.47. The van der Waals surface area contributed by atoms with E-state index in [9.17, 15) is 5.11 Å². The van der Waals surface area contributed by atoms with Crippen LogP contribution in [0.15, 0.2) is 41.6 Å².